The maximum atomic E-state index is 12.9. The summed E-state index contributed by atoms with van der Waals surface area (Å²) < 4.78 is 6.95. The first kappa shape index (κ1) is 21.1. The number of fused-ring (bicyclic) bond motifs is 1. The van der Waals surface area contributed by atoms with Crippen molar-refractivity contribution in [3.63, 3.8) is 0 Å². The standard InChI is InChI=1S/C23H28N4O4/c1-14-18(23(28)31-3)19(16-11-8-12-17(13-16)27(29)30)20-21(25-26(2)22(20)24-14)15-9-6-4-5-7-10-15/h8,11-13,15,19,24H,4-7,9-10H2,1-3H3. The number of anilines is 1. The van der Waals surface area contributed by atoms with Crippen LogP contribution in [0.25, 0.3) is 0 Å². The second kappa shape index (κ2) is 8.53. The molecule has 2 heterocycles. The van der Waals surface area contributed by atoms with Crippen molar-refractivity contribution in [2.45, 2.75) is 57.3 Å². The summed E-state index contributed by atoms with van der Waals surface area (Å²) in [6.45, 7) is 1.83. The fourth-order valence-corrected chi connectivity index (χ4v) is 4.99. The number of nitro groups is 1. The number of nitro benzene ring substituents is 1. The van der Waals surface area contributed by atoms with E-state index in [2.05, 4.69) is 5.32 Å². The molecule has 2 aliphatic rings. The molecular weight excluding hydrogens is 396 g/mol. The van der Waals surface area contributed by atoms with E-state index in [1.54, 1.807) is 12.1 Å². The van der Waals surface area contributed by atoms with Crippen molar-refractivity contribution in [3.05, 3.63) is 62.5 Å². The SMILES string of the molecule is COC(=O)C1=C(C)Nc2c(c(C3CCCCCC3)nn2C)C1c1cccc([N+](=O)[O-])c1. The number of rotatable bonds is 4. The van der Waals surface area contributed by atoms with E-state index in [0.29, 0.717) is 22.8 Å². The molecule has 1 aromatic heterocycles. The maximum absolute atomic E-state index is 12.9. The number of non-ortho nitro benzene ring substituents is 1. The van der Waals surface area contributed by atoms with Crippen molar-refractivity contribution < 1.29 is 14.5 Å². The van der Waals surface area contributed by atoms with Gasteiger partial charge in [-0.2, -0.15) is 5.10 Å². The van der Waals surface area contributed by atoms with Crippen LogP contribution in [0, 0.1) is 10.1 Å². The number of nitrogens with one attached hydrogen (secondary N) is 1. The number of carbonyl (C=O) groups is 1. The van der Waals surface area contributed by atoms with E-state index in [-0.39, 0.29) is 5.69 Å². The van der Waals surface area contributed by atoms with Crippen molar-refractivity contribution in [3.8, 4) is 0 Å². The molecule has 1 aliphatic carbocycles. The molecule has 4 rings (SSSR count). The zero-order valence-corrected chi connectivity index (χ0v) is 18.2. The lowest BCUT2D eigenvalue weighted by Gasteiger charge is -2.29. The average Bonchev–Trinajstić information content (AvgIpc) is 2.94. The Bertz CT molecular complexity index is 1050. The topological polar surface area (TPSA) is 99.3 Å². The van der Waals surface area contributed by atoms with Crippen LogP contribution in [0.3, 0.4) is 0 Å². The normalized spacial score (nSPS) is 19.4. The van der Waals surface area contributed by atoms with E-state index in [1.807, 2.05) is 24.7 Å². The predicted molar refractivity (Wildman–Crippen MR) is 117 cm³/mol. The maximum Gasteiger partial charge on any atom is 0.336 e. The lowest BCUT2D eigenvalue weighted by Crippen LogP contribution is -2.25. The van der Waals surface area contributed by atoms with Crippen LogP contribution in [-0.2, 0) is 16.6 Å². The Morgan fingerprint density at radius 2 is 1.97 bits per heavy atom. The smallest absolute Gasteiger partial charge is 0.336 e. The Hall–Kier alpha value is -3.16. The average molecular weight is 425 g/mol. The van der Waals surface area contributed by atoms with Crippen molar-refractivity contribution in [2.24, 2.45) is 7.05 Å². The van der Waals surface area contributed by atoms with Gasteiger partial charge in [0, 0.05) is 42.3 Å². The van der Waals surface area contributed by atoms with E-state index < -0.39 is 16.8 Å². The van der Waals surface area contributed by atoms with Crippen LogP contribution in [0.2, 0.25) is 0 Å². The summed E-state index contributed by atoms with van der Waals surface area (Å²) in [5.74, 6) is 0.219. The van der Waals surface area contributed by atoms with E-state index >= 15 is 0 Å². The van der Waals surface area contributed by atoms with Crippen LogP contribution in [0.4, 0.5) is 11.5 Å². The third-order valence-electron chi connectivity index (χ3n) is 6.46. The molecule has 1 aromatic carbocycles. The highest BCUT2D eigenvalue weighted by Crippen LogP contribution is 2.47. The zero-order valence-electron chi connectivity index (χ0n) is 18.2. The van der Waals surface area contributed by atoms with Gasteiger partial charge in [0.25, 0.3) is 5.69 Å². The number of allylic oxidation sites excluding steroid dienone is 1. The van der Waals surface area contributed by atoms with Gasteiger partial charge in [-0.1, -0.05) is 37.8 Å². The molecule has 0 amide bonds. The van der Waals surface area contributed by atoms with Gasteiger partial charge in [0.15, 0.2) is 0 Å². The molecule has 2 aromatic rings. The van der Waals surface area contributed by atoms with Crippen molar-refractivity contribution in [1.82, 2.24) is 9.78 Å². The fraction of sp³-hybridized carbons (Fsp3) is 0.478. The van der Waals surface area contributed by atoms with Crippen molar-refractivity contribution >= 4 is 17.5 Å². The van der Waals surface area contributed by atoms with Gasteiger partial charge in [-0.3, -0.25) is 14.8 Å². The van der Waals surface area contributed by atoms with E-state index in [4.69, 9.17) is 9.84 Å². The first-order valence-corrected chi connectivity index (χ1v) is 10.8. The Morgan fingerprint density at radius 3 is 2.61 bits per heavy atom. The summed E-state index contributed by atoms with van der Waals surface area (Å²) in [4.78, 5) is 23.9. The zero-order chi connectivity index (χ0) is 22.1. The number of hydrogen-bond acceptors (Lipinski definition) is 6. The highest BCUT2D eigenvalue weighted by Gasteiger charge is 2.39. The van der Waals surface area contributed by atoms with E-state index in [9.17, 15) is 14.9 Å². The van der Waals surface area contributed by atoms with Gasteiger partial charge >= 0.3 is 5.97 Å². The summed E-state index contributed by atoms with van der Waals surface area (Å²) in [5.41, 5.74) is 3.75. The number of methoxy groups -OCH3 is 1. The molecule has 0 bridgehead atoms. The quantitative estimate of drug-likeness (QED) is 0.328. The number of carbonyl (C=O) groups excluding carboxylic acids is 1. The van der Waals surface area contributed by atoms with Gasteiger partial charge in [-0.05, 0) is 25.3 Å². The minimum Gasteiger partial charge on any atom is -0.466 e. The van der Waals surface area contributed by atoms with Crippen molar-refractivity contribution in [1.29, 1.82) is 0 Å². The summed E-state index contributed by atoms with van der Waals surface area (Å²) in [7, 11) is 3.26. The summed E-state index contributed by atoms with van der Waals surface area (Å²) in [6.07, 6.45) is 6.88. The minimum atomic E-state index is -0.476. The van der Waals surface area contributed by atoms with Crippen LogP contribution in [0.15, 0.2) is 35.5 Å². The molecule has 1 atom stereocenters. The third kappa shape index (κ3) is 3.82. The largest absolute Gasteiger partial charge is 0.466 e. The molecule has 31 heavy (non-hydrogen) atoms. The molecule has 1 aliphatic heterocycles. The molecule has 0 radical (unpaired) electrons. The molecule has 1 unspecified atom stereocenters. The van der Waals surface area contributed by atoms with Crippen LogP contribution in [-0.4, -0.2) is 27.8 Å². The molecule has 8 nitrogen and oxygen atoms in total. The molecule has 1 N–H and O–H groups in total. The second-order valence-electron chi connectivity index (χ2n) is 8.40. The van der Waals surface area contributed by atoms with Gasteiger partial charge in [-0.15, -0.1) is 0 Å². The fourth-order valence-electron chi connectivity index (χ4n) is 4.99. The Morgan fingerprint density at radius 1 is 1.26 bits per heavy atom. The molecule has 1 saturated carbocycles. The highest BCUT2D eigenvalue weighted by atomic mass is 16.6. The number of aryl methyl sites for hydroxylation is 1. The molecule has 8 heteroatoms. The molecule has 0 spiro atoms. The third-order valence-corrected chi connectivity index (χ3v) is 6.46. The lowest BCUT2D eigenvalue weighted by atomic mass is 9.78. The lowest BCUT2D eigenvalue weighted by molar-refractivity contribution is -0.384. The predicted octanol–water partition coefficient (Wildman–Crippen LogP) is 4.77. The van der Waals surface area contributed by atoms with E-state index in [1.165, 1.54) is 26.0 Å². The van der Waals surface area contributed by atoms with Gasteiger partial charge < -0.3 is 10.1 Å². The molecular formula is C23H28N4O4. The Balaban J connectivity index is 1.93. The number of benzene rings is 1. The molecule has 1 fully saturated rings. The minimum absolute atomic E-state index is 0.000594. The summed E-state index contributed by atoms with van der Waals surface area (Å²) in [6, 6.07) is 6.53. The van der Waals surface area contributed by atoms with Gasteiger partial charge in [-0.25, -0.2) is 4.79 Å². The summed E-state index contributed by atoms with van der Waals surface area (Å²) >= 11 is 0. The Kier molecular flexibility index (Phi) is 5.80. The number of ether oxygens (including phenoxy) is 1. The van der Waals surface area contributed by atoms with Gasteiger partial charge in [0.2, 0.25) is 0 Å². The first-order valence-electron chi connectivity index (χ1n) is 10.8. The highest BCUT2D eigenvalue weighted by molar-refractivity contribution is 5.94. The monoisotopic (exact) mass is 424 g/mol. The number of esters is 1. The second-order valence-corrected chi connectivity index (χ2v) is 8.40. The van der Waals surface area contributed by atoms with E-state index in [0.717, 1.165) is 42.8 Å². The van der Waals surface area contributed by atoms with Crippen LogP contribution < -0.4 is 5.32 Å². The molecule has 0 saturated heterocycles. The summed E-state index contributed by atoms with van der Waals surface area (Å²) in [5, 5.41) is 19.7. The number of aromatic nitrogens is 2. The number of hydrogen-bond donors (Lipinski definition) is 1. The van der Waals surface area contributed by atoms with Crippen molar-refractivity contribution in [2.75, 3.05) is 12.4 Å². The van der Waals surface area contributed by atoms with Gasteiger partial charge in [0.05, 0.1) is 23.3 Å². The van der Waals surface area contributed by atoms with Crippen LogP contribution in [0.5, 0.6) is 0 Å². The first-order chi connectivity index (χ1) is 14.9. The Labute approximate surface area is 181 Å². The van der Waals surface area contributed by atoms with Crippen LogP contribution in [0.1, 0.15) is 74.1 Å². The van der Waals surface area contributed by atoms with Crippen LogP contribution >= 0.6 is 0 Å². The molecule has 164 valence electrons. The number of nitrogens with zero attached hydrogens (tertiary/aromatic N) is 3. The van der Waals surface area contributed by atoms with Gasteiger partial charge in [0.1, 0.15) is 5.82 Å².